The van der Waals surface area contributed by atoms with Crippen LogP contribution in [0.15, 0.2) is 39.5 Å². The van der Waals surface area contributed by atoms with Crippen LogP contribution in [0.3, 0.4) is 0 Å². The molecule has 1 heterocycles. The molecule has 1 unspecified atom stereocenters. The lowest BCUT2D eigenvalue weighted by Crippen LogP contribution is -2.32. The Kier molecular flexibility index (Phi) is 7.77. The van der Waals surface area contributed by atoms with Gasteiger partial charge in [0, 0.05) is 23.1 Å². The minimum atomic E-state index is -0.678. The van der Waals surface area contributed by atoms with Crippen LogP contribution in [0.5, 0.6) is 17.2 Å². The van der Waals surface area contributed by atoms with Gasteiger partial charge in [-0.3, -0.25) is 0 Å². The lowest BCUT2D eigenvalue weighted by atomic mass is 10.0. The highest BCUT2D eigenvalue weighted by atomic mass is 16.5. The van der Waals surface area contributed by atoms with E-state index in [0.717, 1.165) is 28.5 Å². The Morgan fingerprint density at radius 3 is 2.41 bits per heavy atom. The molecule has 0 aliphatic heterocycles. The molecule has 7 heteroatoms. The maximum atomic E-state index is 12.0. The van der Waals surface area contributed by atoms with Crippen LogP contribution in [-0.4, -0.2) is 45.1 Å². The molecule has 3 rings (SSSR count). The highest BCUT2D eigenvalue weighted by molar-refractivity contribution is 5.85. The van der Waals surface area contributed by atoms with Crippen molar-refractivity contribution in [1.82, 2.24) is 5.32 Å². The standard InChI is InChI=1S/C25H31NO6/c1-15-16(2)25(28)32-24-17(3)21(9-7-20(15)24)31-14-19(27)13-26-11-10-18-6-8-22(29-4)23(12-18)30-5/h6-9,12,19,26-27H,10-11,13-14H2,1-5H3. The third-order valence-corrected chi connectivity index (χ3v) is 5.67. The molecule has 0 bridgehead atoms. The number of fused-ring (bicyclic) bond motifs is 1. The maximum absolute atomic E-state index is 12.0. The number of aryl methyl sites for hydroxylation is 2. The highest BCUT2D eigenvalue weighted by Gasteiger charge is 2.14. The Bertz CT molecular complexity index is 1140. The molecular formula is C25H31NO6. The predicted octanol–water partition coefficient (Wildman–Crippen LogP) is 3.31. The van der Waals surface area contributed by atoms with Gasteiger partial charge in [-0.25, -0.2) is 4.79 Å². The summed E-state index contributed by atoms with van der Waals surface area (Å²) in [5.41, 5.74) is 3.56. The smallest absolute Gasteiger partial charge is 0.339 e. The van der Waals surface area contributed by atoms with Crippen LogP contribution in [0, 0.1) is 20.8 Å². The molecule has 0 saturated heterocycles. The zero-order valence-electron chi connectivity index (χ0n) is 19.3. The molecule has 0 saturated carbocycles. The maximum Gasteiger partial charge on any atom is 0.339 e. The normalized spacial score (nSPS) is 12.1. The number of aliphatic hydroxyl groups excluding tert-OH is 1. The van der Waals surface area contributed by atoms with Gasteiger partial charge in [-0.1, -0.05) is 6.07 Å². The average Bonchev–Trinajstić information content (AvgIpc) is 2.80. The zero-order valence-corrected chi connectivity index (χ0v) is 19.3. The van der Waals surface area contributed by atoms with Gasteiger partial charge in [-0.05, 0) is 69.1 Å². The van der Waals surface area contributed by atoms with Crippen molar-refractivity contribution in [1.29, 1.82) is 0 Å². The summed E-state index contributed by atoms with van der Waals surface area (Å²) in [6.07, 6.45) is 0.109. The van der Waals surface area contributed by atoms with Crippen molar-refractivity contribution in [2.75, 3.05) is 33.9 Å². The summed E-state index contributed by atoms with van der Waals surface area (Å²) in [5, 5.41) is 14.4. The quantitative estimate of drug-likeness (QED) is 0.368. The Labute approximate surface area is 187 Å². The molecule has 1 aromatic heterocycles. The van der Waals surface area contributed by atoms with E-state index in [1.54, 1.807) is 21.1 Å². The van der Waals surface area contributed by atoms with E-state index in [1.165, 1.54) is 0 Å². The van der Waals surface area contributed by atoms with Crippen molar-refractivity contribution in [3.8, 4) is 17.2 Å². The molecular weight excluding hydrogens is 410 g/mol. The van der Waals surface area contributed by atoms with Crippen molar-refractivity contribution in [2.45, 2.75) is 33.3 Å². The fraction of sp³-hybridized carbons (Fsp3) is 0.400. The molecule has 0 radical (unpaired) electrons. The number of nitrogens with one attached hydrogen (secondary N) is 1. The Morgan fingerprint density at radius 1 is 0.969 bits per heavy atom. The minimum Gasteiger partial charge on any atom is -0.493 e. The summed E-state index contributed by atoms with van der Waals surface area (Å²) < 4.78 is 21.9. The zero-order chi connectivity index (χ0) is 23.3. The topological polar surface area (TPSA) is 90.2 Å². The number of ether oxygens (including phenoxy) is 3. The van der Waals surface area contributed by atoms with Crippen LogP contribution in [0.25, 0.3) is 11.0 Å². The molecule has 2 aromatic carbocycles. The number of aliphatic hydroxyl groups is 1. The first kappa shape index (κ1) is 23.6. The van der Waals surface area contributed by atoms with Crippen LogP contribution < -0.4 is 25.2 Å². The molecule has 2 N–H and O–H groups in total. The first-order chi connectivity index (χ1) is 15.3. The monoisotopic (exact) mass is 441 g/mol. The van der Waals surface area contributed by atoms with Gasteiger partial charge in [0.05, 0.1) is 14.2 Å². The van der Waals surface area contributed by atoms with Gasteiger partial charge < -0.3 is 29.1 Å². The van der Waals surface area contributed by atoms with E-state index in [-0.39, 0.29) is 12.2 Å². The number of benzene rings is 2. The molecule has 0 amide bonds. The van der Waals surface area contributed by atoms with Crippen LogP contribution >= 0.6 is 0 Å². The second-order valence-corrected chi connectivity index (χ2v) is 7.81. The van der Waals surface area contributed by atoms with Crippen molar-refractivity contribution >= 4 is 11.0 Å². The van der Waals surface area contributed by atoms with E-state index in [0.29, 0.717) is 41.5 Å². The van der Waals surface area contributed by atoms with Crippen LogP contribution in [-0.2, 0) is 6.42 Å². The highest BCUT2D eigenvalue weighted by Crippen LogP contribution is 2.29. The molecule has 7 nitrogen and oxygen atoms in total. The SMILES string of the molecule is COc1ccc(CCNCC(O)COc2ccc3c(C)c(C)c(=O)oc3c2C)cc1OC. The van der Waals surface area contributed by atoms with Crippen LogP contribution in [0.2, 0.25) is 0 Å². The summed E-state index contributed by atoms with van der Waals surface area (Å²) in [5.74, 6) is 1.99. The Morgan fingerprint density at radius 2 is 1.69 bits per heavy atom. The fourth-order valence-corrected chi connectivity index (χ4v) is 3.56. The molecule has 0 aliphatic carbocycles. The largest absolute Gasteiger partial charge is 0.493 e. The lowest BCUT2D eigenvalue weighted by Gasteiger charge is -2.16. The fourth-order valence-electron chi connectivity index (χ4n) is 3.56. The summed E-state index contributed by atoms with van der Waals surface area (Å²) in [6.45, 7) is 6.74. The predicted molar refractivity (Wildman–Crippen MR) is 124 cm³/mol. The number of rotatable bonds is 10. The van der Waals surface area contributed by atoms with E-state index < -0.39 is 6.10 Å². The molecule has 32 heavy (non-hydrogen) atoms. The van der Waals surface area contributed by atoms with Gasteiger partial charge in [0.2, 0.25) is 0 Å². The Balaban J connectivity index is 1.51. The molecule has 0 spiro atoms. The minimum absolute atomic E-state index is 0.130. The van der Waals surface area contributed by atoms with Crippen LogP contribution in [0.1, 0.15) is 22.3 Å². The first-order valence-corrected chi connectivity index (χ1v) is 10.6. The van der Waals surface area contributed by atoms with Gasteiger partial charge in [-0.15, -0.1) is 0 Å². The summed E-state index contributed by atoms with van der Waals surface area (Å²) in [6, 6.07) is 9.56. The second-order valence-electron chi connectivity index (χ2n) is 7.81. The molecule has 3 aromatic rings. The third-order valence-electron chi connectivity index (χ3n) is 5.67. The van der Waals surface area contributed by atoms with Gasteiger partial charge in [-0.2, -0.15) is 0 Å². The van der Waals surface area contributed by atoms with Gasteiger partial charge >= 0.3 is 5.63 Å². The average molecular weight is 442 g/mol. The van der Waals surface area contributed by atoms with E-state index >= 15 is 0 Å². The number of hydrogen-bond acceptors (Lipinski definition) is 7. The number of methoxy groups -OCH3 is 2. The van der Waals surface area contributed by atoms with Gasteiger partial charge in [0.25, 0.3) is 0 Å². The lowest BCUT2D eigenvalue weighted by molar-refractivity contribution is 0.106. The van der Waals surface area contributed by atoms with Crippen LogP contribution in [0.4, 0.5) is 0 Å². The number of hydrogen-bond donors (Lipinski definition) is 2. The van der Waals surface area contributed by atoms with Crippen molar-refractivity contribution in [3.05, 3.63) is 63.0 Å². The van der Waals surface area contributed by atoms with Crippen molar-refractivity contribution in [3.63, 3.8) is 0 Å². The summed E-state index contributed by atoms with van der Waals surface area (Å²) >= 11 is 0. The summed E-state index contributed by atoms with van der Waals surface area (Å²) in [4.78, 5) is 12.0. The second kappa shape index (κ2) is 10.5. The van der Waals surface area contributed by atoms with E-state index in [1.807, 2.05) is 44.2 Å². The van der Waals surface area contributed by atoms with Crippen molar-refractivity contribution < 1.29 is 23.7 Å². The Hall–Kier alpha value is -3.03. The van der Waals surface area contributed by atoms with E-state index in [9.17, 15) is 9.90 Å². The van der Waals surface area contributed by atoms with E-state index in [2.05, 4.69) is 5.32 Å². The molecule has 172 valence electrons. The van der Waals surface area contributed by atoms with Crippen molar-refractivity contribution in [2.24, 2.45) is 0 Å². The van der Waals surface area contributed by atoms with Gasteiger partial charge in [0.1, 0.15) is 24.0 Å². The molecule has 0 aliphatic rings. The first-order valence-electron chi connectivity index (χ1n) is 10.6. The third kappa shape index (κ3) is 5.23. The van der Waals surface area contributed by atoms with Gasteiger partial charge in [0.15, 0.2) is 11.5 Å². The molecule has 0 fully saturated rings. The van der Waals surface area contributed by atoms with E-state index in [4.69, 9.17) is 18.6 Å². The summed E-state index contributed by atoms with van der Waals surface area (Å²) in [7, 11) is 3.23. The molecule has 1 atom stereocenters.